The van der Waals surface area contributed by atoms with Crippen LogP contribution in [0.15, 0.2) is 0 Å². The molecule has 0 saturated heterocycles. The van der Waals surface area contributed by atoms with Crippen LogP contribution in [0, 0.1) is 0 Å². The second kappa shape index (κ2) is 13.3. The lowest BCUT2D eigenvalue weighted by molar-refractivity contribution is 0.113. The van der Waals surface area contributed by atoms with E-state index in [0.717, 1.165) is 39.4 Å². The molecule has 4 heteroatoms. The highest BCUT2D eigenvalue weighted by Crippen LogP contribution is 2.02. The first-order valence-electron chi connectivity index (χ1n) is 7.18. The van der Waals surface area contributed by atoms with E-state index in [1.165, 1.54) is 19.3 Å². The third-order valence-electron chi connectivity index (χ3n) is 3.14. The van der Waals surface area contributed by atoms with Crippen LogP contribution in [0.5, 0.6) is 0 Å². The van der Waals surface area contributed by atoms with Crippen molar-refractivity contribution in [3.8, 4) is 0 Å². The Morgan fingerprint density at radius 1 is 1.00 bits per heavy atom. The van der Waals surface area contributed by atoms with Crippen molar-refractivity contribution in [1.29, 1.82) is 0 Å². The van der Waals surface area contributed by atoms with E-state index in [2.05, 4.69) is 24.1 Å². The Hall–Kier alpha value is -0.160. The highest BCUT2D eigenvalue weighted by molar-refractivity contribution is 4.62. The minimum Gasteiger partial charge on any atom is -0.383 e. The molecule has 0 aromatic rings. The van der Waals surface area contributed by atoms with Crippen LogP contribution >= 0.6 is 0 Å². The zero-order valence-electron chi connectivity index (χ0n) is 12.7. The van der Waals surface area contributed by atoms with Crippen molar-refractivity contribution in [3.05, 3.63) is 0 Å². The molecule has 4 nitrogen and oxygen atoms in total. The maximum absolute atomic E-state index is 5.14. The summed E-state index contributed by atoms with van der Waals surface area (Å²) in [6.07, 6.45) is 3.80. The predicted molar refractivity (Wildman–Crippen MR) is 77.2 cm³/mol. The maximum Gasteiger partial charge on any atom is 0.0589 e. The van der Waals surface area contributed by atoms with Gasteiger partial charge in [0.2, 0.25) is 0 Å². The monoisotopic (exact) mass is 260 g/mol. The number of hydrogen-bond acceptors (Lipinski definition) is 4. The van der Waals surface area contributed by atoms with Gasteiger partial charge < -0.3 is 14.8 Å². The van der Waals surface area contributed by atoms with Crippen LogP contribution in [0.3, 0.4) is 0 Å². The molecule has 0 fully saturated rings. The van der Waals surface area contributed by atoms with E-state index in [0.29, 0.717) is 6.04 Å². The summed E-state index contributed by atoms with van der Waals surface area (Å²) in [5.74, 6) is 0. The summed E-state index contributed by atoms with van der Waals surface area (Å²) in [7, 11) is 3.51. The highest BCUT2D eigenvalue weighted by atomic mass is 16.5. The fraction of sp³-hybridized carbons (Fsp3) is 1.00. The lowest BCUT2D eigenvalue weighted by Gasteiger charge is -2.21. The first-order valence-corrected chi connectivity index (χ1v) is 7.18. The van der Waals surface area contributed by atoms with Gasteiger partial charge in [0.25, 0.3) is 0 Å². The van der Waals surface area contributed by atoms with Gasteiger partial charge in [-0.25, -0.2) is 0 Å². The Balaban J connectivity index is 3.60. The number of methoxy groups -OCH3 is 2. The van der Waals surface area contributed by atoms with E-state index in [1.807, 2.05) is 0 Å². The van der Waals surface area contributed by atoms with E-state index in [-0.39, 0.29) is 0 Å². The first kappa shape index (κ1) is 17.8. The molecule has 0 aromatic heterocycles. The van der Waals surface area contributed by atoms with Crippen LogP contribution in [0.25, 0.3) is 0 Å². The highest BCUT2D eigenvalue weighted by Gasteiger charge is 2.05. The van der Waals surface area contributed by atoms with Crippen LogP contribution in [-0.2, 0) is 9.47 Å². The largest absolute Gasteiger partial charge is 0.383 e. The van der Waals surface area contributed by atoms with Crippen molar-refractivity contribution in [2.45, 2.75) is 39.2 Å². The van der Waals surface area contributed by atoms with Gasteiger partial charge in [0.05, 0.1) is 13.2 Å². The van der Waals surface area contributed by atoms with Gasteiger partial charge >= 0.3 is 0 Å². The average Bonchev–Trinajstić information content (AvgIpc) is 2.37. The first-order chi connectivity index (χ1) is 8.74. The van der Waals surface area contributed by atoms with Crippen LogP contribution < -0.4 is 5.32 Å². The van der Waals surface area contributed by atoms with E-state index in [4.69, 9.17) is 9.47 Å². The SMILES string of the molecule is CCNC(C)CCCCN(CCOC)CCOC. The molecule has 0 bridgehead atoms. The van der Waals surface area contributed by atoms with E-state index >= 15 is 0 Å². The predicted octanol–water partition coefficient (Wildman–Crippen LogP) is 1.75. The fourth-order valence-corrected chi connectivity index (χ4v) is 2.01. The summed E-state index contributed by atoms with van der Waals surface area (Å²) < 4.78 is 10.3. The lowest BCUT2D eigenvalue weighted by atomic mass is 10.1. The van der Waals surface area contributed by atoms with Crippen molar-refractivity contribution >= 4 is 0 Å². The molecule has 0 aliphatic heterocycles. The normalized spacial score (nSPS) is 13.2. The number of rotatable bonds is 13. The van der Waals surface area contributed by atoms with E-state index in [1.54, 1.807) is 14.2 Å². The minimum absolute atomic E-state index is 0.640. The summed E-state index contributed by atoms with van der Waals surface area (Å²) in [6.45, 7) is 10.2. The molecule has 1 unspecified atom stereocenters. The maximum atomic E-state index is 5.14. The van der Waals surface area contributed by atoms with Gasteiger partial charge in [-0.15, -0.1) is 0 Å². The number of unbranched alkanes of at least 4 members (excludes halogenated alkanes) is 1. The fourth-order valence-electron chi connectivity index (χ4n) is 2.01. The van der Waals surface area contributed by atoms with E-state index in [9.17, 15) is 0 Å². The molecule has 110 valence electrons. The zero-order valence-corrected chi connectivity index (χ0v) is 12.7. The Morgan fingerprint density at radius 3 is 2.11 bits per heavy atom. The Labute approximate surface area is 113 Å². The molecule has 0 aromatic carbocycles. The molecule has 0 amide bonds. The Bertz CT molecular complexity index is 160. The van der Waals surface area contributed by atoms with Crippen molar-refractivity contribution in [2.24, 2.45) is 0 Å². The standard InChI is InChI=1S/C14H32N2O2/c1-5-15-14(2)8-6-7-9-16(10-12-17-3)11-13-18-4/h14-15H,5-13H2,1-4H3. The number of nitrogens with one attached hydrogen (secondary N) is 1. The molecule has 0 rings (SSSR count). The van der Waals surface area contributed by atoms with E-state index < -0.39 is 0 Å². The summed E-state index contributed by atoms with van der Waals surface area (Å²) in [5, 5.41) is 3.45. The van der Waals surface area contributed by atoms with Gasteiger partial charge in [-0.2, -0.15) is 0 Å². The van der Waals surface area contributed by atoms with Crippen molar-refractivity contribution in [2.75, 3.05) is 53.6 Å². The molecule has 0 heterocycles. The summed E-state index contributed by atoms with van der Waals surface area (Å²) >= 11 is 0. The average molecular weight is 260 g/mol. The van der Waals surface area contributed by atoms with Gasteiger partial charge in [-0.3, -0.25) is 4.90 Å². The van der Waals surface area contributed by atoms with Gasteiger partial charge in [-0.1, -0.05) is 13.3 Å². The van der Waals surface area contributed by atoms with Gasteiger partial charge in [0.1, 0.15) is 0 Å². The molecule has 0 aliphatic rings. The number of hydrogen-bond donors (Lipinski definition) is 1. The second-order valence-electron chi connectivity index (χ2n) is 4.78. The van der Waals surface area contributed by atoms with Crippen molar-refractivity contribution in [1.82, 2.24) is 10.2 Å². The Morgan fingerprint density at radius 2 is 1.61 bits per heavy atom. The van der Waals surface area contributed by atoms with Crippen LogP contribution in [-0.4, -0.2) is 64.6 Å². The van der Waals surface area contributed by atoms with Gasteiger partial charge in [0, 0.05) is 33.4 Å². The molecular weight excluding hydrogens is 228 g/mol. The van der Waals surface area contributed by atoms with Crippen molar-refractivity contribution in [3.63, 3.8) is 0 Å². The minimum atomic E-state index is 0.640. The summed E-state index contributed by atoms with van der Waals surface area (Å²) in [4.78, 5) is 2.42. The number of nitrogens with zero attached hydrogens (tertiary/aromatic N) is 1. The van der Waals surface area contributed by atoms with Crippen LogP contribution in [0.2, 0.25) is 0 Å². The van der Waals surface area contributed by atoms with Crippen molar-refractivity contribution < 1.29 is 9.47 Å². The van der Waals surface area contributed by atoms with Crippen LogP contribution in [0.4, 0.5) is 0 Å². The summed E-state index contributed by atoms with van der Waals surface area (Å²) in [5.41, 5.74) is 0. The van der Waals surface area contributed by atoms with Crippen LogP contribution in [0.1, 0.15) is 33.1 Å². The number of ether oxygens (including phenoxy) is 2. The third kappa shape index (κ3) is 11.0. The molecule has 18 heavy (non-hydrogen) atoms. The molecule has 0 aliphatic carbocycles. The third-order valence-corrected chi connectivity index (χ3v) is 3.14. The van der Waals surface area contributed by atoms with Gasteiger partial charge in [0.15, 0.2) is 0 Å². The zero-order chi connectivity index (χ0) is 13.6. The smallest absolute Gasteiger partial charge is 0.0589 e. The molecular formula is C14H32N2O2. The molecule has 1 atom stereocenters. The quantitative estimate of drug-likeness (QED) is 0.512. The lowest BCUT2D eigenvalue weighted by Crippen LogP contribution is -2.32. The topological polar surface area (TPSA) is 33.7 Å². The second-order valence-corrected chi connectivity index (χ2v) is 4.78. The van der Waals surface area contributed by atoms with Gasteiger partial charge in [-0.05, 0) is 32.9 Å². The molecule has 0 radical (unpaired) electrons. The summed E-state index contributed by atoms with van der Waals surface area (Å²) in [6, 6.07) is 0.640. The molecule has 0 saturated carbocycles. The molecule has 0 spiro atoms. The molecule has 1 N–H and O–H groups in total. The Kier molecular flexibility index (Phi) is 13.2.